The van der Waals surface area contributed by atoms with Crippen molar-refractivity contribution in [3.05, 3.63) is 29.3 Å². The van der Waals surface area contributed by atoms with E-state index < -0.39 is 11.8 Å². The van der Waals surface area contributed by atoms with Gasteiger partial charge in [-0.3, -0.25) is 0 Å². The number of ether oxygens (including phenoxy) is 1. The third kappa shape index (κ3) is 1.92. The van der Waals surface area contributed by atoms with Crippen LogP contribution in [0.4, 0.5) is 13.2 Å². The minimum absolute atomic E-state index is 0.0141. The lowest BCUT2D eigenvalue weighted by molar-refractivity contribution is -0.166. The molecule has 0 atom stereocenters. The first kappa shape index (κ1) is 12.3. The average molecular weight is 309 g/mol. The first-order valence-electron chi connectivity index (χ1n) is 4.69. The third-order valence-electron chi connectivity index (χ3n) is 2.52. The van der Waals surface area contributed by atoms with E-state index >= 15 is 0 Å². The van der Waals surface area contributed by atoms with Gasteiger partial charge in [-0.2, -0.15) is 13.2 Å². The highest BCUT2D eigenvalue weighted by Crippen LogP contribution is 2.52. The van der Waals surface area contributed by atoms with E-state index in [4.69, 9.17) is 4.74 Å². The zero-order valence-electron chi connectivity index (χ0n) is 8.75. The zero-order valence-corrected chi connectivity index (χ0v) is 10.3. The van der Waals surface area contributed by atoms with Crippen molar-refractivity contribution < 1.29 is 17.9 Å². The molecule has 1 aliphatic heterocycles. The van der Waals surface area contributed by atoms with Crippen molar-refractivity contribution >= 4 is 15.9 Å². The van der Waals surface area contributed by atoms with Gasteiger partial charge >= 0.3 is 11.8 Å². The summed E-state index contributed by atoms with van der Waals surface area (Å²) in [6, 6.07) is 4.22. The highest BCUT2D eigenvalue weighted by atomic mass is 79.9. The Bertz CT molecular complexity index is 467. The fourth-order valence-electron chi connectivity index (χ4n) is 1.54. The quantitative estimate of drug-likeness (QED) is 0.783. The first-order valence-corrected chi connectivity index (χ1v) is 5.81. The van der Waals surface area contributed by atoms with Crippen LogP contribution in [0, 0.1) is 0 Å². The topological polar surface area (TPSA) is 34.0 Å². The zero-order chi connectivity index (χ0) is 12.7. The van der Waals surface area contributed by atoms with Crippen LogP contribution < -0.4 is 4.74 Å². The molecule has 0 N–H and O–H groups in total. The summed E-state index contributed by atoms with van der Waals surface area (Å²) in [4.78, 5) is 0. The van der Waals surface area contributed by atoms with Crippen LogP contribution in [0.1, 0.15) is 11.1 Å². The molecule has 0 bridgehead atoms. The number of methoxy groups -OCH3 is 1. The van der Waals surface area contributed by atoms with Crippen LogP contribution in [-0.2, 0) is 11.0 Å². The van der Waals surface area contributed by atoms with E-state index in [-0.39, 0.29) is 5.56 Å². The van der Waals surface area contributed by atoms with Crippen molar-refractivity contribution in [1.29, 1.82) is 0 Å². The van der Waals surface area contributed by atoms with Crippen LogP contribution in [0.15, 0.2) is 28.4 Å². The van der Waals surface area contributed by atoms with Crippen molar-refractivity contribution in [2.24, 2.45) is 10.2 Å². The van der Waals surface area contributed by atoms with E-state index in [0.717, 1.165) is 0 Å². The SMILES string of the molecule is COc1ccc(C2(C(F)(F)F)N=N2)cc1CBr. The summed E-state index contributed by atoms with van der Waals surface area (Å²) in [5.41, 5.74) is -1.72. The summed E-state index contributed by atoms with van der Waals surface area (Å²) in [6.07, 6.45) is -4.49. The van der Waals surface area contributed by atoms with Crippen LogP contribution in [0.3, 0.4) is 0 Å². The highest BCUT2D eigenvalue weighted by molar-refractivity contribution is 9.08. The van der Waals surface area contributed by atoms with Gasteiger partial charge in [0.1, 0.15) is 5.75 Å². The molecule has 1 heterocycles. The normalized spacial score (nSPS) is 17.0. The smallest absolute Gasteiger partial charge is 0.442 e. The fraction of sp³-hybridized carbons (Fsp3) is 0.400. The second-order valence-electron chi connectivity index (χ2n) is 3.53. The van der Waals surface area contributed by atoms with Crippen molar-refractivity contribution in [3.63, 3.8) is 0 Å². The lowest BCUT2D eigenvalue weighted by atomic mass is 10.0. The molecule has 0 unspecified atom stereocenters. The Kier molecular flexibility index (Phi) is 2.89. The maximum atomic E-state index is 12.8. The Morgan fingerprint density at radius 1 is 1.35 bits per heavy atom. The predicted molar refractivity (Wildman–Crippen MR) is 58.2 cm³/mol. The summed E-state index contributed by atoms with van der Waals surface area (Å²) in [7, 11) is 1.46. The van der Waals surface area contributed by atoms with Gasteiger partial charge in [-0.1, -0.05) is 22.0 Å². The number of hydrogen-bond donors (Lipinski definition) is 0. The van der Waals surface area contributed by atoms with E-state index in [1.807, 2.05) is 0 Å². The molecule has 0 amide bonds. The molecule has 0 saturated heterocycles. The van der Waals surface area contributed by atoms with Crippen LogP contribution in [0.5, 0.6) is 5.75 Å². The van der Waals surface area contributed by atoms with Crippen molar-refractivity contribution in [2.75, 3.05) is 7.11 Å². The Hall–Kier alpha value is -1.11. The lowest BCUT2D eigenvalue weighted by Gasteiger charge is -2.16. The van der Waals surface area contributed by atoms with E-state index in [0.29, 0.717) is 16.6 Å². The number of alkyl halides is 4. The van der Waals surface area contributed by atoms with Gasteiger partial charge in [0.25, 0.3) is 0 Å². The van der Waals surface area contributed by atoms with Gasteiger partial charge in [-0.05, 0) is 12.1 Å². The Morgan fingerprint density at radius 2 is 2.00 bits per heavy atom. The maximum absolute atomic E-state index is 12.8. The molecule has 0 aromatic heterocycles. The van der Waals surface area contributed by atoms with Crippen molar-refractivity contribution in [1.82, 2.24) is 0 Å². The first-order chi connectivity index (χ1) is 7.94. The standard InChI is InChI=1S/C10H8BrF3N2O/c1-17-8-3-2-7(4-6(8)5-11)9(15-16-9)10(12,13)14/h2-4H,5H2,1H3. The Morgan fingerprint density at radius 3 is 2.41 bits per heavy atom. The monoisotopic (exact) mass is 308 g/mol. The molecular weight excluding hydrogens is 301 g/mol. The number of halogens is 4. The summed E-state index contributed by atoms with van der Waals surface area (Å²) in [6.45, 7) is 0. The average Bonchev–Trinajstić information content (AvgIpc) is 3.08. The molecular formula is C10H8BrF3N2O. The molecule has 1 aromatic rings. The minimum Gasteiger partial charge on any atom is -0.496 e. The molecule has 1 aromatic carbocycles. The molecule has 17 heavy (non-hydrogen) atoms. The molecule has 2 rings (SSSR count). The van der Waals surface area contributed by atoms with Gasteiger partial charge < -0.3 is 4.74 Å². The molecule has 0 saturated carbocycles. The van der Waals surface area contributed by atoms with Gasteiger partial charge in [-0.25, -0.2) is 0 Å². The van der Waals surface area contributed by atoms with Crippen molar-refractivity contribution in [3.8, 4) is 5.75 Å². The Balaban J connectivity index is 2.42. The third-order valence-corrected chi connectivity index (χ3v) is 3.13. The van der Waals surface area contributed by atoms with Gasteiger partial charge in [0.05, 0.1) is 7.11 Å². The number of benzene rings is 1. The van der Waals surface area contributed by atoms with E-state index in [2.05, 4.69) is 26.2 Å². The summed E-state index contributed by atoms with van der Waals surface area (Å²) in [5.74, 6) is 0.531. The number of hydrogen-bond acceptors (Lipinski definition) is 3. The van der Waals surface area contributed by atoms with Crippen LogP contribution in [-0.4, -0.2) is 13.3 Å². The van der Waals surface area contributed by atoms with Gasteiger partial charge in [0.15, 0.2) is 0 Å². The van der Waals surface area contributed by atoms with Gasteiger partial charge in [0.2, 0.25) is 0 Å². The summed E-state index contributed by atoms with van der Waals surface area (Å²) in [5, 5.41) is 6.70. The van der Waals surface area contributed by atoms with Crippen LogP contribution in [0.25, 0.3) is 0 Å². The van der Waals surface area contributed by atoms with Crippen molar-refractivity contribution in [2.45, 2.75) is 17.2 Å². The number of nitrogens with zero attached hydrogens (tertiary/aromatic N) is 2. The molecule has 0 aliphatic carbocycles. The largest absolute Gasteiger partial charge is 0.496 e. The molecule has 3 nitrogen and oxygen atoms in total. The van der Waals surface area contributed by atoms with Crippen LogP contribution in [0.2, 0.25) is 0 Å². The van der Waals surface area contributed by atoms with E-state index in [1.54, 1.807) is 0 Å². The van der Waals surface area contributed by atoms with Gasteiger partial charge in [0, 0.05) is 16.5 Å². The Labute approximate surface area is 104 Å². The molecule has 0 spiro atoms. The maximum Gasteiger partial charge on any atom is 0.442 e. The summed E-state index contributed by atoms with van der Waals surface area (Å²) >= 11 is 3.20. The van der Waals surface area contributed by atoms with Crippen LogP contribution >= 0.6 is 15.9 Å². The molecule has 1 aliphatic rings. The van der Waals surface area contributed by atoms with E-state index in [1.165, 1.54) is 25.3 Å². The number of rotatable bonds is 3. The van der Waals surface area contributed by atoms with Gasteiger partial charge in [-0.15, -0.1) is 10.2 Å². The molecule has 0 fully saturated rings. The highest BCUT2D eigenvalue weighted by Gasteiger charge is 2.65. The second-order valence-corrected chi connectivity index (χ2v) is 4.09. The lowest BCUT2D eigenvalue weighted by Crippen LogP contribution is -2.30. The fourth-order valence-corrected chi connectivity index (χ4v) is 1.98. The molecule has 7 heteroatoms. The predicted octanol–water partition coefficient (Wildman–Crippen LogP) is 3.77. The summed E-state index contributed by atoms with van der Waals surface area (Å²) < 4.78 is 43.3. The molecule has 0 radical (unpaired) electrons. The second kappa shape index (κ2) is 3.97. The minimum atomic E-state index is -4.49. The molecule has 92 valence electrons. The van der Waals surface area contributed by atoms with E-state index in [9.17, 15) is 13.2 Å².